The van der Waals surface area contributed by atoms with Crippen LogP contribution in [0.25, 0.3) is 5.69 Å². The van der Waals surface area contributed by atoms with E-state index in [1.165, 1.54) is 0 Å². The number of rotatable bonds is 5. The van der Waals surface area contributed by atoms with E-state index >= 15 is 0 Å². The molecular formula is C16H23N3O2. The van der Waals surface area contributed by atoms with Gasteiger partial charge in [0, 0.05) is 30.6 Å². The molecule has 1 aromatic carbocycles. The van der Waals surface area contributed by atoms with E-state index in [-0.39, 0.29) is 12.0 Å². The standard InChI is InChI=1S/C16H23N3O2/c1-16(2,3)14-11-15(17)19(18-14)12-6-4-7-13(10-12)21-9-5-8-20/h4,6-7,10-11,20H,5,8-9,17H2,1-3H3. The molecule has 2 aromatic rings. The predicted molar refractivity (Wildman–Crippen MR) is 83.9 cm³/mol. The first kappa shape index (κ1) is 15.4. The van der Waals surface area contributed by atoms with Crippen LogP contribution in [-0.4, -0.2) is 28.1 Å². The molecule has 5 heteroatoms. The van der Waals surface area contributed by atoms with Crippen molar-refractivity contribution in [2.45, 2.75) is 32.6 Å². The summed E-state index contributed by atoms with van der Waals surface area (Å²) in [5, 5.41) is 13.4. The highest BCUT2D eigenvalue weighted by Gasteiger charge is 2.19. The maximum Gasteiger partial charge on any atom is 0.127 e. The van der Waals surface area contributed by atoms with Crippen LogP contribution in [0.4, 0.5) is 5.82 Å². The Bertz CT molecular complexity index is 600. The van der Waals surface area contributed by atoms with E-state index in [2.05, 4.69) is 25.9 Å². The number of aromatic nitrogens is 2. The molecule has 2 rings (SSSR count). The second-order valence-electron chi connectivity index (χ2n) is 6.04. The van der Waals surface area contributed by atoms with Crippen LogP contribution in [0.5, 0.6) is 5.75 Å². The number of nitrogens with two attached hydrogens (primary N) is 1. The van der Waals surface area contributed by atoms with Gasteiger partial charge in [0.05, 0.1) is 18.0 Å². The van der Waals surface area contributed by atoms with Crippen LogP contribution < -0.4 is 10.5 Å². The highest BCUT2D eigenvalue weighted by atomic mass is 16.5. The summed E-state index contributed by atoms with van der Waals surface area (Å²) in [6.45, 7) is 6.93. The van der Waals surface area contributed by atoms with E-state index in [9.17, 15) is 0 Å². The van der Waals surface area contributed by atoms with Crippen LogP contribution in [-0.2, 0) is 5.41 Å². The summed E-state index contributed by atoms with van der Waals surface area (Å²) < 4.78 is 7.30. The molecule has 0 aliphatic rings. The lowest BCUT2D eigenvalue weighted by atomic mass is 9.92. The molecule has 0 bridgehead atoms. The van der Waals surface area contributed by atoms with Crippen LogP contribution in [0.2, 0.25) is 0 Å². The zero-order valence-corrected chi connectivity index (χ0v) is 12.8. The number of benzene rings is 1. The van der Waals surface area contributed by atoms with Gasteiger partial charge in [-0.25, -0.2) is 4.68 Å². The van der Waals surface area contributed by atoms with Crippen LogP contribution in [0.3, 0.4) is 0 Å². The molecule has 0 amide bonds. The van der Waals surface area contributed by atoms with Gasteiger partial charge in [-0.15, -0.1) is 0 Å². The number of ether oxygens (including phenoxy) is 1. The van der Waals surface area contributed by atoms with Crippen molar-refractivity contribution >= 4 is 5.82 Å². The van der Waals surface area contributed by atoms with Crippen LogP contribution in [0, 0.1) is 0 Å². The van der Waals surface area contributed by atoms with Crippen molar-refractivity contribution in [2.75, 3.05) is 18.9 Å². The van der Waals surface area contributed by atoms with Crippen molar-refractivity contribution in [3.8, 4) is 11.4 Å². The second kappa shape index (κ2) is 6.18. The molecule has 0 spiro atoms. The van der Waals surface area contributed by atoms with Gasteiger partial charge >= 0.3 is 0 Å². The first-order chi connectivity index (χ1) is 9.91. The fourth-order valence-corrected chi connectivity index (χ4v) is 1.93. The van der Waals surface area contributed by atoms with Crippen molar-refractivity contribution in [1.82, 2.24) is 9.78 Å². The minimum absolute atomic E-state index is 0.0470. The summed E-state index contributed by atoms with van der Waals surface area (Å²) in [5.41, 5.74) is 7.84. The summed E-state index contributed by atoms with van der Waals surface area (Å²) in [6, 6.07) is 9.52. The lowest BCUT2D eigenvalue weighted by Crippen LogP contribution is -2.12. The van der Waals surface area contributed by atoms with Crippen LogP contribution >= 0.6 is 0 Å². The SMILES string of the molecule is CC(C)(C)c1cc(N)n(-c2cccc(OCCCO)c2)n1. The molecule has 0 fully saturated rings. The summed E-state index contributed by atoms with van der Waals surface area (Å²) in [7, 11) is 0. The molecular weight excluding hydrogens is 266 g/mol. The molecule has 0 saturated carbocycles. The Hall–Kier alpha value is -2.01. The van der Waals surface area contributed by atoms with E-state index in [1.54, 1.807) is 4.68 Å². The molecule has 1 aromatic heterocycles. The average Bonchev–Trinajstić information content (AvgIpc) is 2.82. The first-order valence-electron chi connectivity index (χ1n) is 7.12. The molecule has 0 unspecified atom stereocenters. The molecule has 0 atom stereocenters. The zero-order chi connectivity index (χ0) is 15.5. The molecule has 0 saturated heterocycles. The third kappa shape index (κ3) is 3.76. The Morgan fingerprint density at radius 1 is 1.29 bits per heavy atom. The monoisotopic (exact) mass is 289 g/mol. The van der Waals surface area contributed by atoms with Gasteiger partial charge in [-0.3, -0.25) is 0 Å². The van der Waals surface area contributed by atoms with Gasteiger partial charge in [-0.05, 0) is 12.1 Å². The number of nitrogen functional groups attached to an aromatic ring is 1. The van der Waals surface area contributed by atoms with Gasteiger partial charge < -0.3 is 15.6 Å². The molecule has 114 valence electrons. The Kier molecular flexibility index (Phi) is 4.53. The van der Waals surface area contributed by atoms with Gasteiger partial charge in [0.15, 0.2) is 0 Å². The molecule has 0 aliphatic carbocycles. The third-order valence-electron chi connectivity index (χ3n) is 3.14. The summed E-state index contributed by atoms with van der Waals surface area (Å²) >= 11 is 0. The molecule has 21 heavy (non-hydrogen) atoms. The van der Waals surface area contributed by atoms with Crippen molar-refractivity contribution in [2.24, 2.45) is 0 Å². The van der Waals surface area contributed by atoms with Gasteiger partial charge in [0.25, 0.3) is 0 Å². The number of hydrogen-bond donors (Lipinski definition) is 2. The van der Waals surface area contributed by atoms with Crippen molar-refractivity contribution in [3.63, 3.8) is 0 Å². The third-order valence-corrected chi connectivity index (χ3v) is 3.14. The summed E-state index contributed by atoms with van der Waals surface area (Å²) in [6.07, 6.45) is 0.613. The molecule has 3 N–H and O–H groups in total. The minimum Gasteiger partial charge on any atom is -0.493 e. The van der Waals surface area contributed by atoms with E-state index < -0.39 is 0 Å². The minimum atomic E-state index is -0.0470. The predicted octanol–water partition coefficient (Wildman–Crippen LogP) is 2.51. The number of aliphatic hydroxyl groups excluding tert-OH is 1. The quantitative estimate of drug-likeness (QED) is 0.830. The van der Waals surface area contributed by atoms with E-state index in [1.807, 2.05) is 30.3 Å². The Morgan fingerprint density at radius 3 is 2.67 bits per heavy atom. The maximum atomic E-state index is 8.78. The van der Waals surface area contributed by atoms with Crippen molar-refractivity contribution < 1.29 is 9.84 Å². The second-order valence-corrected chi connectivity index (χ2v) is 6.04. The smallest absolute Gasteiger partial charge is 0.127 e. The highest BCUT2D eigenvalue weighted by molar-refractivity contribution is 5.46. The van der Waals surface area contributed by atoms with Gasteiger partial charge in [-0.2, -0.15) is 5.10 Å². The number of anilines is 1. The van der Waals surface area contributed by atoms with Crippen LogP contribution in [0.15, 0.2) is 30.3 Å². The normalized spacial score (nSPS) is 11.6. The zero-order valence-electron chi connectivity index (χ0n) is 12.8. The number of nitrogens with zero attached hydrogens (tertiary/aromatic N) is 2. The van der Waals surface area contributed by atoms with Crippen molar-refractivity contribution in [1.29, 1.82) is 0 Å². The fraction of sp³-hybridized carbons (Fsp3) is 0.438. The molecule has 0 aliphatic heterocycles. The fourth-order valence-electron chi connectivity index (χ4n) is 1.93. The summed E-state index contributed by atoms with van der Waals surface area (Å²) in [4.78, 5) is 0. The lowest BCUT2D eigenvalue weighted by Gasteiger charge is -2.14. The van der Waals surface area contributed by atoms with Crippen molar-refractivity contribution in [3.05, 3.63) is 36.0 Å². The first-order valence-corrected chi connectivity index (χ1v) is 7.12. The highest BCUT2D eigenvalue weighted by Crippen LogP contribution is 2.25. The van der Waals surface area contributed by atoms with Gasteiger partial charge in [0.1, 0.15) is 11.6 Å². The van der Waals surface area contributed by atoms with E-state index in [0.29, 0.717) is 18.8 Å². The largest absolute Gasteiger partial charge is 0.493 e. The Labute approximate surface area is 125 Å². The Balaban J connectivity index is 2.26. The molecule has 5 nitrogen and oxygen atoms in total. The molecule has 0 radical (unpaired) electrons. The maximum absolute atomic E-state index is 8.78. The van der Waals surface area contributed by atoms with E-state index in [4.69, 9.17) is 15.6 Å². The van der Waals surface area contributed by atoms with Gasteiger partial charge in [-0.1, -0.05) is 26.8 Å². The average molecular weight is 289 g/mol. The number of hydrogen-bond acceptors (Lipinski definition) is 4. The lowest BCUT2D eigenvalue weighted by molar-refractivity contribution is 0.233. The Morgan fingerprint density at radius 2 is 2.05 bits per heavy atom. The number of aliphatic hydroxyl groups is 1. The molecule has 1 heterocycles. The van der Waals surface area contributed by atoms with Crippen LogP contribution in [0.1, 0.15) is 32.9 Å². The topological polar surface area (TPSA) is 73.3 Å². The van der Waals surface area contributed by atoms with E-state index in [0.717, 1.165) is 17.1 Å². The summed E-state index contributed by atoms with van der Waals surface area (Å²) in [5.74, 6) is 1.35. The van der Waals surface area contributed by atoms with Gasteiger partial charge in [0.2, 0.25) is 0 Å².